The van der Waals surface area contributed by atoms with Gasteiger partial charge in [0.05, 0.1) is 18.8 Å². The first-order valence-corrected chi connectivity index (χ1v) is 18.8. The van der Waals surface area contributed by atoms with E-state index in [9.17, 15) is 10.2 Å². The van der Waals surface area contributed by atoms with Crippen LogP contribution in [0.3, 0.4) is 0 Å². The van der Waals surface area contributed by atoms with Gasteiger partial charge in [-0.05, 0) is 91.9 Å². The molecule has 2 aromatic rings. The molecule has 8 heteroatoms. The number of nitrogens with one attached hydrogen (secondary N) is 1. The van der Waals surface area contributed by atoms with Gasteiger partial charge in [-0.2, -0.15) is 5.06 Å². The molecule has 0 amide bonds. The smallest absolute Gasteiger partial charge is 0.110 e. The van der Waals surface area contributed by atoms with Gasteiger partial charge >= 0.3 is 0 Å². The Labute approximate surface area is 288 Å². The standard InChI is InChI=1S/C39H62N4O3S/c1-25(2)16-32(22-41(8)9)42(23-33-14-11-15-47-33)20-29-12-10-13-30(17-29)21-43-38(37(28(5)45)36(24-44)46-43)27(4)40-35-19-31-18-34(26(35)3)39(31,6)7/h10-15,17,25-26,28,31-32,34-38,40,44-45H,4,16,18-24H2,1-3,5-9H3/t26-,28-,31+,32-,34-,35-,36-,37+,38+/m0/s1. The lowest BCUT2D eigenvalue weighted by Crippen LogP contribution is -2.60. The van der Waals surface area contributed by atoms with Gasteiger partial charge in [0.15, 0.2) is 0 Å². The van der Waals surface area contributed by atoms with E-state index in [1.807, 2.05) is 23.3 Å². The van der Waals surface area contributed by atoms with Gasteiger partial charge in [0.2, 0.25) is 0 Å². The topological polar surface area (TPSA) is 71.4 Å². The number of hydroxylamine groups is 2. The van der Waals surface area contributed by atoms with E-state index in [1.165, 1.54) is 16.9 Å². The fraction of sp³-hybridized carbons (Fsp3) is 0.692. The van der Waals surface area contributed by atoms with Crippen molar-refractivity contribution in [1.29, 1.82) is 0 Å². The van der Waals surface area contributed by atoms with Gasteiger partial charge < -0.3 is 20.4 Å². The zero-order valence-electron chi connectivity index (χ0n) is 30.2. The molecule has 1 aliphatic heterocycles. The third kappa shape index (κ3) is 8.34. The van der Waals surface area contributed by atoms with Crippen LogP contribution in [0.15, 0.2) is 54.1 Å². The first-order valence-electron chi connectivity index (χ1n) is 17.9. The molecule has 1 aromatic heterocycles. The van der Waals surface area contributed by atoms with Gasteiger partial charge in [0.25, 0.3) is 0 Å². The van der Waals surface area contributed by atoms with E-state index in [0.29, 0.717) is 35.9 Å². The summed E-state index contributed by atoms with van der Waals surface area (Å²) in [6, 6.07) is 13.8. The van der Waals surface area contributed by atoms with Crippen LogP contribution in [0.4, 0.5) is 0 Å². The molecule has 3 saturated carbocycles. The number of aliphatic hydroxyl groups excluding tert-OH is 2. The number of hydrogen-bond acceptors (Lipinski definition) is 8. The summed E-state index contributed by atoms with van der Waals surface area (Å²) in [6.45, 7) is 21.5. The summed E-state index contributed by atoms with van der Waals surface area (Å²) < 4.78 is 0. The molecule has 2 bridgehead atoms. The van der Waals surface area contributed by atoms with E-state index in [1.54, 1.807) is 0 Å². The van der Waals surface area contributed by atoms with Crippen LogP contribution in [0.5, 0.6) is 0 Å². The zero-order chi connectivity index (χ0) is 34.0. The van der Waals surface area contributed by atoms with Gasteiger partial charge in [-0.3, -0.25) is 9.74 Å². The first-order chi connectivity index (χ1) is 22.3. The lowest BCUT2D eigenvalue weighted by atomic mass is 9.44. The first kappa shape index (κ1) is 36.5. The molecule has 4 fully saturated rings. The summed E-state index contributed by atoms with van der Waals surface area (Å²) in [5.74, 6) is 2.35. The number of thiophene rings is 1. The molecule has 0 unspecified atom stereocenters. The van der Waals surface area contributed by atoms with Gasteiger partial charge in [0.1, 0.15) is 6.10 Å². The molecule has 1 saturated heterocycles. The van der Waals surface area contributed by atoms with Crippen LogP contribution in [0, 0.1) is 35.0 Å². The summed E-state index contributed by atoms with van der Waals surface area (Å²) >= 11 is 1.83. The highest BCUT2D eigenvalue weighted by Gasteiger charge is 2.57. The van der Waals surface area contributed by atoms with E-state index in [-0.39, 0.29) is 18.6 Å². The fourth-order valence-corrected chi connectivity index (χ4v) is 9.83. The molecule has 3 N–H and O–H groups in total. The summed E-state index contributed by atoms with van der Waals surface area (Å²) in [6.07, 6.45) is 2.49. The molecular formula is C39H62N4O3S. The quantitative estimate of drug-likeness (QED) is 0.192. The summed E-state index contributed by atoms with van der Waals surface area (Å²) in [7, 11) is 4.34. The minimum Gasteiger partial charge on any atom is -0.394 e. The van der Waals surface area contributed by atoms with Crippen molar-refractivity contribution in [2.75, 3.05) is 27.2 Å². The van der Waals surface area contributed by atoms with E-state index in [0.717, 1.165) is 55.6 Å². The second kappa shape index (κ2) is 15.4. The van der Waals surface area contributed by atoms with Crippen molar-refractivity contribution in [3.8, 4) is 0 Å². The molecule has 1 aromatic carbocycles. The SMILES string of the molecule is C=C(N[C@H]1C[C@H]2C[C@@H]([C@@H]1C)C2(C)C)[C@@H]1[C@H]([C@H](C)O)[C@H](CO)ON1Cc1cccc(CN(Cc2cccs2)[C@@H](CC(C)C)CN(C)C)c1. The number of likely N-dealkylation sites (N-methyl/N-ethyl adjacent to an activating group) is 1. The number of rotatable bonds is 16. The second-order valence-electron chi connectivity index (χ2n) is 16.2. The Morgan fingerprint density at radius 1 is 1.13 bits per heavy atom. The van der Waals surface area contributed by atoms with Crippen molar-refractivity contribution >= 4 is 11.3 Å². The summed E-state index contributed by atoms with van der Waals surface area (Å²) in [4.78, 5) is 12.8. The highest BCUT2D eigenvalue weighted by atomic mass is 32.1. The molecule has 7 nitrogen and oxygen atoms in total. The lowest BCUT2D eigenvalue weighted by Gasteiger charge is -2.62. The molecular weight excluding hydrogens is 605 g/mol. The summed E-state index contributed by atoms with van der Waals surface area (Å²) in [5.41, 5.74) is 3.74. The van der Waals surface area contributed by atoms with Crippen LogP contribution in [0.2, 0.25) is 0 Å². The number of fused-ring (bicyclic) bond motifs is 2. The highest BCUT2D eigenvalue weighted by Crippen LogP contribution is 2.61. The average molecular weight is 667 g/mol. The maximum atomic E-state index is 11.0. The second-order valence-corrected chi connectivity index (χ2v) is 17.3. The Morgan fingerprint density at radius 3 is 2.47 bits per heavy atom. The monoisotopic (exact) mass is 666 g/mol. The molecule has 9 atom stereocenters. The van der Waals surface area contributed by atoms with Gasteiger partial charge in [-0.1, -0.05) is 71.5 Å². The predicted molar refractivity (Wildman–Crippen MR) is 193 cm³/mol. The lowest BCUT2D eigenvalue weighted by molar-refractivity contribution is -0.175. The molecule has 262 valence electrons. The van der Waals surface area contributed by atoms with E-state index in [2.05, 4.69) is 112 Å². The molecule has 6 rings (SSSR count). The molecule has 47 heavy (non-hydrogen) atoms. The molecule has 4 aliphatic rings. The van der Waals surface area contributed by atoms with Crippen LogP contribution in [0.1, 0.15) is 76.8 Å². The van der Waals surface area contributed by atoms with E-state index < -0.39 is 12.2 Å². The van der Waals surface area contributed by atoms with Crippen molar-refractivity contribution in [2.45, 2.75) is 111 Å². The molecule has 0 radical (unpaired) electrons. The van der Waals surface area contributed by atoms with Crippen molar-refractivity contribution < 1.29 is 15.1 Å². The maximum absolute atomic E-state index is 11.0. The number of aliphatic hydroxyl groups is 2. The van der Waals surface area contributed by atoms with Crippen LogP contribution >= 0.6 is 11.3 Å². The molecule has 2 heterocycles. The fourth-order valence-electron chi connectivity index (χ4n) is 9.10. The van der Waals surface area contributed by atoms with Crippen LogP contribution in [-0.2, 0) is 24.5 Å². The number of hydrogen-bond donors (Lipinski definition) is 3. The number of benzene rings is 1. The Balaban J connectivity index is 1.34. The Morgan fingerprint density at radius 2 is 1.87 bits per heavy atom. The van der Waals surface area contributed by atoms with Crippen molar-refractivity contribution in [1.82, 2.24) is 20.2 Å². The van der Waals surface area contributed by atoms with E-state index >= 15 is 0 Å². The Bertz CT molecular complexity index is 1290. The van der Waals surface area contributed by atoms with Crippen LogP contribution in [0.25, 0.3) is 0 Å². The number of nitrogens with zero attached hydrogens (tertiary/aromatic N) is 3. The average Bonchev–Trinajstić information content (AvgIpc) is 3.64. The van der Waals surface area contributed by atoms with Crippen molar-refractivity contribution in [2.24, 2.45) is 35.0 Å². The summed E-state index contributed by atoms with van der Waals surface area (Å²) in [5, 5.41) is 29.3. The minimum absolute atomic E-state index is 0.144. The minimum atomic E-state index is -0.649. The largest absolute Gasteiger partial charge is 0.394 e. The Kier molecular flexibility index (Phi) is 12.0. The van der Waals surface area contributed by atoms with E-state index in [4.69, 9.17) is 4.84 Å². The molecule has 0 spiro atoms. The van der Waals surface area contributed by atoms with Crippen molar-refractivity contribution in [3.63, 3.8) is 0 Å². The third-order valence-electron chi connectivity index (χ3n) is 11.7. The van der Waals surface area contributed by atoms with Crippen LogP contribution < -0.4 is 5.32 Å². The Hall–Kier alpha value is -1.78. The maximum Gasteiger partial charge on any atom is 0.110 e. The normalized spacial score (nSPS) is 30.1. The van der Waals surface area contributed by atoms with Crippen molar-refractivity contribution in [3.05, 3.63) is 70.1 Å². The zero-order valence-corrected chi connectivity index (χ0v) is 31.0. The molecule has 3 aliphatic carbocycles. The predicted octanol–water partition coefficient (Wildman–Crippen LogP) is 6.37. The highest BCUT2D eigenvalue weighted by molar-refractivity contribution is 7.09. The van der Waals surface area contributed by atoms with Gasteiger partial charge in [-0.25, -0.2) is 0 Å². The van der Waals surface area contributed by atoms with Crippen LogP contribution in [-0.4, -0.2) is 82.7 Å². The van der Waals surface area contributed by atoms with Gasteiger partial charge in [-0.15, -0.1) is 11.3 Å². The third-order valence-corrected chi connectivity index (χ3v) is 12.5. The van der Waals surface area contributed by atoms with Gasteiger partial charge in [0, 0.05) is 54.8 Å².